The highest BCUT2D eigenvalue weighted by Crippen LogP contribution is 2.56. The molecule has 0 aromatic carbocycles. The number of hydrogen-bond donors (Lipinski definition) is 0. The van der Waals surface area contributed by atoms with Crippen LogP contribution in [-0.2, 0) is 0 Å². The van der Waals surface area contributed by atoms with Crippen LogP contribution in [0.15, 0.2) is 10.1 Å². The van der Waals surface area contributed by atoms with Gasteiger partial charge in [-0.2, -0.15) is 0 Å². The first-order valence-electron chi connectivity index (χ1n) is 3.91. The summed E-state index contributed by atoms with van der Waals surface area (Å²) in [5.41, 5.74) is 1.31. The molecule has 0 N–H and O–H groups in total. The number of halogens is 3. The van der Waals surface area contributed by atoms with Gasteiger partial charge >= 0.3 is 0 Å². The average molecular weight is 256 g/mol. The summed E-state index contributed by atoms with van der Waals surface area (Å²) in [6.07, 6.45) is 3.84. The lowest BCUT2D eigenvalue weighted by Gasteiger charge is -2.49. The molecule has 0 radical (unpaired) electrons. The molecule has 3 heteroatoms. The molecule has 0 aromatic rings. The van der Waals surface area contributed by atoms with Crippen molar-refractivity contribution in [3.05, 3.63) is 10.1 Å². The third kappa shape index (κ3) is 1.16. The Bertz CT molecular complexity index is 194. The lowest BCUT2D eigenvalue weighted by atomic mass is 9.62. The summed E-state index contributed by atoms with van der Waals surface area (Å²) in [4.78, 5) is 0.652. The highest BCUT2D eigenvalue weighted by molar-refractivity contribution is 9.09. The molecule has 3 atom stereocenters. The summed E-state index contributed by atoms with van der Waals surface area (Å²) in [5, 5.41) is 0. The fraction of sp³-hybridized carbons (Fsp3) is 0.750. The van der Waals surface area contributed by atoms with Crippen molar-refractivity contribution in [1.82, 2.24) is 0 Å². The lowest BCUT2D eigenvalue weighted by molar-refractivity contribution is 0.233. The number of fused-ring (bicyclic) bond motifs is 2. The van der Waals surface area contributed by atoms with Crippen LogP contribution in [0.1, 0.15) is 19.3 Å². The van der Waals surface area contributed by atoms with Crippen molar-refractivity contribution in [2.45, 2.75) is 24.1 Å². The Labute approximate surface area is 85.1 Å². The van der Waals surface area contributed by atoms with Crippen LogP contribution >= 0.6 is 39.1 Å². The number of rotatable bonds is 0. The monoisotopic (exact) mass is 254 g/mol. The first-order valence-corrected chi connectivity index (χ1v) is 5.58. The molecule has 0 aromatic heterocycles. The van der Waals surface area contributed by atoms with E-state index in [0.717, 1.165) is 0 Å². The van der Waals surface area contributed by atoms with Gasteiger partial charge in [0.15, 0.2) is 0 Å². The summed E-state index contributed by atoms with van der Waals surface area (Å²) in [5.74, 6) is 1.28. The largest absolute Gasteiger partial charge is 0.106 e. The van der Waals surface area contributed by atoms with Gasteiger partial charge in [0.25, 0.3) is 0 Å². The van der Waals surface area contributed by atoms with Crippen LogP contribution in [0.2, 0.25) is 0 Å². The minimum absolute atomic E-state index is 0.524. The fourth-order valence-corrected chi connectivity index (χ4v) is 3.91. The van der Waals surface area contributed by atoms with Crippen LogP contribution in [0.3, 0.4) is 0 Å². The maximum atomic E-state index is 5.77. The molecule has 0 spiro atoms. The number of alkyl halides is 1. The quantitative estimate of drug-likeness (QED) is 0.577. The zero-order valence-electron chi connectivity index (χ0n) is 5.99. The molecule has 2 bridgehead atoms. The Morgan fingerprint density at radius 3 is 2.09 bits per heavy atom. The zero-order chi connectivity index (χ0) is 8.01. The van der Waals surface area contributed by atoms with E-state index in [0.29, 0.717) is 21.2 Å². The molecule has 0 amide bonds. The van der Waals surface area contributed by atoms with E-state index in [2.05, 4.69) is 15.9 Å². The predicted molar refractivity (Wildman–Crippen MR) is 52.3 cm³/mol. The van der Waals surface area contributed by atoms with E-state index in [1.807, 2.05) is 0 Å². The Morgan fingerprint density at radius 2 is 1.82 bits per heavy atom. The number of allylic oxidation sites excluding steroid dienone is 1. The molecule has 11 heavy (non-hydrogen) atoms. The highest BCUT2D eigenvalue weighted by atomic mass is 79.9. The van der Waals surface area contributed by atoms with Crippen molar-refractivity contribution in [1.29, 1.82) is 0 Å². The Balaban J connectivity index is 2.24. The molecule has 0 aliphatic heterocycles. The molecule has 1 unspecified atom stereocenters. The topological polar surface area (TPSA) is 0 Å². The molecule has 0 nitrogen and oxygen atoms in total. The van der Waals surface area contributed by atoms with Gasteiger partial charge in [0.05, 0.1) is 0 Å². The van der Waals surface area contributed by atoms with Gasteiger partial charge in [-0.3, -0.25) is 0 Å². The van der Waals surface area contributed by atoms with E-state index in [-0.39, 0.29) is 0 Å². The predicted octanol–water partition coefficient (Wildman–Crippen LogP) is 3.87. The first kappa shape index (κ1) is 8.40. The Kier molecular flexibility index (Phi) is 2.24. The molecular weight excluding hydrogens is 247 g/mol. The van der Waals surface area contributed by atoms with Gasteiger partial charge in [0.2, 0.25) is 0 Å². The first-order chi connectivity index (χ1) is 5.22. The minimum Gasteiger partial charge on any atom is -0.0878 e. The second kappa shape index (κ2) is 2.93. The van der Waals surface area contributed by atoms with Crippen LogP contribution in [0.5, 0.6) is 0 Å². The van der Waals surface area contributed by atoms with Crippen molar-refractivity contribution < 1.29 is 0 Å². The van der Waals surface area contributed by atoms with Crippen molar-refractivity contribution >= 4 is 39.1 Å². The second-order valence-corrected chi connectivity index (χ2v) is 5.31. The van der Waals surface area contributed by atoms with Gasteiger partial charge in [-0.1, -0.05) is 45.6 Å². The maximum Gasteiger partial charge on any atom is 0.106 e. The van der Waals surface area contributed by atoms with Gasteiger partial charge in [0, 0.05) is 4.83 Å². The lowest BCUT2D eigenvalue weighted by Crippen LogP contribution is -2.44. The van der Waals surface area contributed by atoms with Gasteiger partial charge in [-0.15, -0.1) is 0 Å². The summed E-state index contributed by atoms with van der Waals surface area (Å²) in [7, 11) is 0. The third-order valence-corrected chi connectivity index (χ3v) is 4.53. The molecule has 0 saturated heterocycles. The molecule has 0 heterocycles. The zero-order valence-corrected chi connectivity index (χ0v) is 9.09. The van der Waals surface area contributed by atoms with E-state index < -0.39 is 0 Å². The molecule has 3 rings (SSSR count). The van der Waals surface area contributed by atoms with Crippen molar-refractivity contribution in [3.8, 4) is 0 Å². The van der Waals surface area contributed by atoms with Crippen molar-refractivity contribution in [2.24, 2.45) is 11.8 Å². The van der Waals surface area contributed by atoms with E-state index in [9.17, 15) is 0 Å². The number of hydrogen-bond acceptors (Lipinski definition) is 0. The maximum absolute atomic E-state index is 5.77. The van der Waals surface area contributed by atoms with Gasteiger partial charge < -0.3 is 0 Å². The summed E-state index contributed by atoms with van der Waals surface area (Å²) < 4.78 is 0.524. The smallest absolute Gasteiger partial charge is 0.0878 e. The summed E-state index contributed by atoms with van der Waals surface area (Å²) in [6, 6.07) is 0. The average Bonchev–Trinajstić information content (AvgIpc) is 2.02. The fourth-order valence-electron chi connectivity index (χ4n) is 2.25. The molecule has 3 aliphatic rings. The third-order valence-electron chi connectivity index (χ3n) is 2.82. The van der Waals surface area contributed by atoms with Crippen LogP contribution in [-0.4, -0.2) is 4.83 Å². The molecule has 3 aliphatic carbocycles. The molecular formula is C8H9BrCl2. The molecule has 3 fully saturated rings. The van der Waals surface area contributed by atoms with E-state index in [1.165, 1.54) is 24.8 Å². The Morgan fingerprint density at radius 1 is 1.27 bits per heavy atom. The van der Waals surface area contributed by atoms with Crippen LogP contribution < -0.4 is 0 Å². The van der Waals surface area contributed by atoms with Crippen LogP contribution in [0, 0.1) is 11.8 Å². The van der Waals surface area contributed by atoms with Crippen molar-refractivity contribution in [2.75, 3.05) is 0 Å². The van der Waals surface area contributed by atoms with Gasteiger partial charge in [-0.05, 0) is 30.3 Å². The summed E-state index contributed by atoms with van der Waals surface area (Å²) >= 11 is 15.2. The van der Waals surface area contributed by atoms with E-state index >= 15 is 0 Å². The SMILES string of the molecule is ClC(Cl)=C1[C@H]2CCC[C@@H]1C2Br. The van der Waals surface area contributed by atoms with Gasteiger partial charge in [0.1, 0.15) is 4.49 Å². The minimum atomic E-state index is 0.524. The van der Waals surface area contributed by atoms with Crippen LogP contribution in [0.4, 0.5) is 0 Å². The highest BCUT2D eigenvalue weighted by Gasteiger charge is 2.47. The Hall–Kier alpha value is 0.800. The second-order valence-electron chi connectivity index (χ2n) is 3.30. The summed E-state index contributed by atoms with van der Waals surface area (Å²) in [6.45, 7) is 0. The normalized spacial score (nSPS) is 41.7. The van der Waals surface area contributed by atoms with Crippen molar-refractivity contribution in [3.63, 3.8) is 0 Å². The standard InChI is InChI=1S/C8H9BrCl2/c9-7-4-2-1-3-5(7)6(4)8(10)11/h4-5,7H,1-3H2/t4-,5+,7?. The van der Waals surface area contributed by atoms with E-state index in [4.69, 9.17) is 23.2 Å². The molecule has 3 saturated carbocycles. The van der Waals surface area contributed by atoms with E-state index in [1.54, 1.807) is 0 Å². The van der Waals surface area contributed by atoms with Crippen LogP contribution in [0.25, 0.3) is 0 Å². The van der Waals surface area contributed by atoms with Gasteiger partial charge in [-0.25, -0.2) is 0 Å². The molecule has 62 valence electrons.